The molecule has 0 saturated carbocycles. The van der Waals surface area contributed by atoms with Crippen molar-refractivity contribution in [3.05, 3.63) is 76.2 Å². The maximum absolute atomic E-state index is 13.3. The first-order valence-corrected chi connectivity index (χ1v) is 13.7. The van der Waals surface area contributed by atoms with E-state index in [0.29, 0.717) is 54.8 Å². The van der Waals surface area contributed by atoms with Crippen LogP contribution in [0.4, 0.5) is 5.69 Å². The van der Waals surface area contributed by atoms with Gasteiger partial charge in [-0.1, -0.05) is 6.07 Å². The summed E-state index contributed by atoms with van der Waals surface area (Å²) in [6.07, 6.45) is 1.64. The number of ether oxygens (including phenoxy) is 1. The molecule has 1 aromatic heterocycles. The first-order valence-electron chi connectivity index (χ1n) is 11.4. The van der Waals surface area contributed by atoms with E-state index < -0.39 is 21.8 Å². The van der Waals surface area contributed by atoms with Crippen molar-refractivity contribution in [2.45, 2.75) is 29.5 Å². The third-order valence-corrected chi connectivity index (χ3v) is 9.65. The van der Waals surface area contributed by atoms with Crippen LogP contribution in [-0.2, 0) is 16.4 Å². The fourth-order valence-corrected chi connectivity index (χ4v) is 7.26. The summed E-state index contributed by atoms with van der Waals surface area (Å²) in [5.41, 5.74) is 13.1. The molecular weight excluding hydrogens is 500 g/mol. The van der Waals surface area contributed by atoms with Crippen LogP contribution >= 0.6 is 11.3 Å². The molecule has 0 spiro atoms. The van der Waals surface area contributed by atoms with E-state index in [1.165, 1.54) is 22.8 Å². The molecule has 0 radical (unpaired) electrons. The van der Waals surface area contributed by atoms with Crippen LogP contribution in [0.2, 0.25) is 0 Å². The van der Waals surface area contributed by atoms with Crippen molar-refractivity contribution < 1.29 is 22.7 Å². The SMILES string of the molecule is COc1cccc(C(N)=O)c1Cc1ccc(S(=O)(=O)N2CCC(Nc3ccc(C(N)=O)cc3)CC2)s1. The second-order valence-corrected chi connectivity index (χ2v) is 11.8. The smallest absolute Gasteiger partial charge is 0.252 e. The topological polar surface area (TPSA) is 145 Å². The normalized spacial score (nSPS) is 14.9. The summed E-state index contributed by atoms with van der Waals surface area (Å²) < 4.78 is 33.7. The Kier molecular flexibility index (Phi) is 7.62. The number of nitrogens with two attached hydrogens (primary N) is 2. The van der Waals surface area contributed by atoms with Gasteiger partial charge in [-0.2, -0.15) is 4.31 Å². The Morgan fingerprint density at radius 1 is 1.03 bits per heavy atom. The minimum absolute atomic E-state index is 0.118. The van der Waals surface area contributed by atoms with Gasteiger partial charge in [0, 0.05) is 52.8 Å². The number of rotatable bonds is 9. The molecule has 0 aliphatic carbocycles. The summed E-state index contributed by atoms with van der Waals surface area (Å²) >= 11 is 1.18. The average molecular weight is 529 g/mol. The molecule has 1 aliphatic heterocycles. The number of anilines is 1. The van der Waals surface area contributed by atoms with E-state index in [9.17, 15) is 18.0 Å². The Balaban J connectivity index is 1.41. The summed E-state index contributed by atoms with van der Waals surface area (Å²) in [4.78, 5) is 23.9. The molecule has 0 atom stereocenters. The molecule has 0 bridgehead atoms. The van der Waals surface area contributed by atoms with E-state index in [0.717, 1.165) is 10.6 Å². The molecule has 1 aliphatic rings. The number of hydrogen-bond donors (Lipinski definition) is 3. The van der Waals surface area contributed by atoms with Gasteiger partial charge in [0.1, 0.15) is 9.96 Å². The largest absolute Gasteiger partial charge is 0.496 e. The number of nitrogens with zero attached hydrogens (tertiary/aromatic N) is 1. The molecule has 2 heterocycles. The van der Waals surface area contributed by atoms with Crippen molar-refractivity contribution in [2.75, 3.05) is 25.5 Å². The third-order valence-electron chi connectivity index (χ3n) is 6.19. The average Bonchev–Trinajstić information content (AvgIpc) is 3.34. The number of sulfonamides is 1. The van der Waals surface area contributed by atoms with Crippen LogP contribution in [0.25, 0.3) is 0 Å². The number of amides is 2. The van der Waals surface area contributed by atoms with Crippen molar-refractivity contribution in [1.29, 1.82) is 0 Å². The fourth-order valence-electron chi connectivity index (χ4n) is 4.27. The van der Waals surface area contributed by atoms with Crippen molar-refractivity contribution in [1.82, 2.24) is 4.31 Å². The molecule has 1 saturated heterocycles. The Labute approximate surface area is 214 Å². The molecule has 0 unspecified atom stereocenters. The number of carbonyl (C=O) groups is 2. The number of thiophene rings is 1. The highest BCUT2D eigenvalue weighted by Crippen LogP contribution is 2.32. The molecular formula is C25H28N4O5S2. The van der Waals surface area contributed by atoms with E-state index >= 15 is 0 Å². The van der Waals surface area contributed by atoms with Gasteiger partial charge in [0.25, 0.3) is 10.0 Å². The van der Waals surface area contributed by atoms with Gasteiger partial charge >= 0.3 is 0 Å². The number of hydrogen-bond acceptors (Lipinski definition) is 7. The first kappa shape index (κ1) is 25.7. The van der Waals surface area contributed by atoms with Crippen LogP contribution in [0.1, 0.15) is 44.0 Å². The number of benzene rings is 2. The number of primary amides is 2. The highest BCUT2D eigenvalue weighted by atomic mass is 32.2. The summed E-state index contributed by atoms with van der Waals surface area (Å²) in [5.74, 6) is -0.510. The third kappa shape index (κ3) is 5.53. The van der Waals surface area contributed by atoms with Crippen molar-refractivity contribution in [3.63, 3.8) is 0 Å². The highest BCUT2D eigenvalue weighted by Gasteiger charge is 2.30. The van der Waals surface area contributed by atoms with Gasteiger partial charge in [-0.05, 0) is 61.4 Å². The highest BCUT2D eigenvalue weighted by molar-refractivity contribution is 7.91. The van der Waals surface area contributed by atoms with Crippen LogP contribution < -0.4 is 21.5 Å². The van der Waals surface area contributed by atoms with Gasteiger partial charge in [-0.25, -0.2) is 8.42 Å². The van der Waals surface area contributed by atoms with Crippen LogP contribution in [0.15, 0.2) is 58.8 Å². The fraction of sp³-hybridized carbons (Fsp3) is 0.280. The molecule has 36 heavy (non-hydrogen) atoms. The minimum Gasteiger partial charge on any atom is -0.496 e. The number of carbonyl (C=O) groups excluding carboxylic acids is 2. The quantitative estimate of drug-likeness (QED) is 0.389. The molecule has 4 rings (SSSR count). The molecule has 5 N–H and O–H groups in total. The summed E-state index contributed by atoms with van der Waals surface area (Å²) in [7, 11) is -2.12. The monoisotopic (exact) mass is 528 g/mol. The Morgan fingerprint density at radius 2 is 1.72 bits per heavy atom. The van der Waals surface area contributed by atoms with Crippen molar-refractivity contribution >= 4 is 38.9 Å². The second-order valence-electron chi connectivity index (χ2n) is 8.51. The van der Waals surface area contributed by atoms with Crippen LogP contribution in [0.5, 0.6) is 5.75 Å². The summed E-state index contributed by atoms with van der Waals surface area (Å²) in [6.45, 7) is 0.788. The van der Waals surface area contributed by atoms with Gasteiger partial charge in [0.2, 0.25) is 11.8 Å². The van der Waals surface area contributed by atoms with E-state index in [1.54, 1.807) is 54.6 Å². The first-order chi connectivity index (χ1) is 17.2. The zero-order valence-electron chi connectivity index (χ0n) is 19.8. The lowest BCUT2D eigenvalue weighted by Gasteiger charge is -2.31. The van der Waals surface area contributed by atoms with Gasteiger partial charge in [0.05, 0.1) is 7.11 Å². The molecule has 2 aromatic carbocycles. The molecule has 190 valence electrons. The molecule has 9 nitrogen and oxygen atoms in total. The summed E-state index contributed by atoms with van der Waals surface area (Å²) in [5, 5.41) is 3.39. The molecule has 2 amide bonds. The Hall–Kier alpha value is -3.41. The molecule has 11 heteroatoms. The van der Waals surface area contributed by atoms with Crippen molar-refractivity contribution in [3.8, 4) is 5.75 Å². The Morgan fingerprint density at radius 3 is 2.33 bits per heavy atom. The lowest BCUT2D eigenvalue weighted by atomic mass is 10.0. The standard InChI is InChI=1S/C25H28N4O5S2/c1-34-22-4-2-3-20(25(27)31)21(22)15-19-9-10-23(35-19)36(32,33)29-13-11-18(12-14-29)28-17-7-5-16(6-8-17)24(26)30/h2-10,18,28H,11-15H2,1H3,(H2,26,30)(H2,27,31). The van der Waals surface area contributed by atoms with E-state index in [-0.39, 0.29) is 10.3 Å². The van der Waals surface area contributed by atoms with E-state index in [2.05, 4.69) is 5.32 Å². The summed E-state index contributed by atoms with van der Waals surface area (Å²) in [6, 6.07) is 15.5. The van der Waals surface area contributed by atoms with E-state index in [4.69, 9.17) is 16.2 Å². The maximum atomic E-state index is 13.3. The van der Waals surface area contributed by atoms with Gasteiger partial charge < -0.3 is 21.5 Å². The minimum atomic E-state index is -3.64. The van der Waals surface area contributed by atoms with E-state index in [1.807, 2.05) is 0 Å². The zero-order valence-corrected chi connectivity index (χ0v) is 21.4. The van der Waals surface area contributed by atoms with Gasteiger partial charge in [-0.15, -0.1) is 11.3 Å². The number of methoxy groups -OCH3 is 1. The van der Waals surface area contributed by atoms with Crippen LogP contribution in [0.3, 0.4) is 0 Å². The predicted octanol–water partition coefficient (Wildman–Crippen LogP) is 2.81. The van der Waals surface area contributed by atoms with Gasteiger partial charge in [0.15, 0.2) is 0 Å². The number of nitrogens with one attached hydrogen (secondary N) is 1. The maximum Gasteiger partial charge on any atom is 0.252 e. The lowest BCUT2D eigenvalue weighted by molar-refractivity contribution is 0.0991. The van der Waals surface area contributed by atoms with Gasteiger partial charge in [-0.3, -0.25) is 9.59 Å². The van der Waals surface area contributed by atoms with Crippen LogP contribution in [-0.4, -0.2) is 50.8 Å². The lowest BCUT2D eigenvalue weighted by Crippen LogP contribution is -2.42. The number of piperidine rings is 1. The predicted molar refractivity (Wildman–Crippen MR) is 139 cm³/mol. The van der Waals surface area contributed by atoms with Crippen LogP contribution in [0, 0.1) is 0 Å². The van der Waals surface area contributed by atoms with Crippen molar-refractivity contribution in [2.24, 2.45) is 11.5 Å². The second kappa shape index (κ2) is 10.7. The zero-order chi connectivity index (χ0) is 25.9. The molecule has 3 aromatic rings. The molecule has 1 fully saturated rings. The Bertz CT molecular complexity index is 1360.